The van der Waals surface area contributed by atoms with Gasteiger partial charge in [-0.05, 0) is 20.9 Å². The van der Waals surface area contributed by atoms with Crippen LogP contribution in [-0.4, -0.2) is 12.3 Å². The molecule has 0 aliphatic carbocycles. The lowest BCUT2D eigenvalue weighted by atomic mass is 10.4. The maximum atomic E-state index is 3.07. The molecule has 0 spiro atoms. The molecular weight excluding hydrogens is 93.0 g/mol. The van der Waals surface area contributed by atoms with Gasteiger partial charge in [-0.3, -0.25) is 0 Å². The highest BCUT2D eigenvalue weighted by Crippen LogP contribution is 2.08. The quantitative estimate of drug-likeness (QED) is 0.487. The molecule has 0 saturated carbocycles. The van der Waals surface area contributed by atoms with Crippen molar-refractivity contribution in [3.05, 3.63) is 0 Å². The molecule has 38 valence electrons. The standard InChI is InChI=1S/C4H12NP/c1-4(2,6)5-3/h5H,6H2,1-3H3. The summed E-state index contributed by atoms with van der Waals surface area (Å²) in [5.74, 6) is 0. The average Bonchev–Trinajstić information content (AvgIpc) is 1.35. The fourth-order valence-electron chi connectivity index (χ4n) is 0. The van der Waals surface area contributed by atoms with Crippen molar-refractivity contribution in [3.8, 4) is 0 Å². The lowest BCUT2D eigenvalue weighted by Crippen LogP contribution is -2.27. The van der Waals surface area contributed by atoms with Gasteiger partial charge in [0.1, 0.15) is 0 Å². The van der Waals surface area contributed by atoms with Gasteiger partial charge >= 0.3 is 0 Å². The van der Waals surface area contributed by atoms with Gasteiger partial charge in [-0.25, -0.2) is 0 Å². The molecule has 0 aliphatic heterocycles. The van der Waals surface area contributed by atoms with E-state index in [-0.39, 0.29) is 5.28 Å². The van der Waals surface area contributed by atoms with Crippen molar-refractivity contribution in [2.24, 2.45) is 0 Å². The molecule has 1 nitrogen and oxygen atoms in total. The van der Waals surface area contributed by atoms with E-state index < -0.39 is 0 Å². The molecule has 0 rings (SSSR count). The van der Waals surface area contributed by atoms with Crippen molar-refractivity contribution in [1.29, 1.82) is 0 Å². The second-order valence-corrected chi connectivity index (χ2v) is 3.42. The number of hydrogen-bond donors (Lipinski definition) is 1. The Balaban J connectivity index is 3.17. The smallest absolute Gasteiger partial charge is 0.0264 e. The molecule has 0 amide bonds. The molecule has 0 aliphatic rings. The van der Waals surface area contributed by atoms with Crippen molar-refractivity contribution >= 4 is 9.24 Å². The van der Waals surface area contributed by atoms with Crippen LogP contribution in [0.1, 0.15) is 13.8 Å². The van der Waals surface area contributed by atoms with Crippen LogP contribution in [0.3, 0.4) is 0 Å². The third-order valence-electron chi connectivity index (χ3n) is 0.644. The van der Waals surface area contributed by atoms with Gasteiger partial charge in [-0.2, -0.15) is 0 Å². The maximum absolute atomic E-state index is 3.07. The lowest BCUT2D eigenvalue weighted by Gasteiger charge is -2.15. The molecule has 1 atom stereocenters. The SMILES string of the molecule is CNC(C)(C)P. The van der Waals surface area contributed by atoms with Crippen LogP contribution in [0.2, 0.25) is 0 Å². The van der Waals surface area contributed by atoms with Gasteiger partial charge in [0.05, 0.1) is 0 Å². The fraction of sp³-hybridized carbons (Fsp3) is 1.00. The first kappa shape index (κ1) is 6.39. The number of rotatable bonds is 1. The van der Waals surface area contributed by atoms with E-state index >= 15 is 0 Å². The fourth-order valence-corrected chi connectivity index (χ4v) is 0. The summed E-state index contributed by atoms with van der Waals surface area (Å²) in [5, 5.41) is 3.28. The monoisotopic (exact) mass is 105 g/mol. The van der Waals surface area contributed by atoms with Crippen LogP contribution in [0.15, 0.2) is 0 Å². The Morgan fingerprint density at radius 1 is 1.50 bits per heavy atom. The van der Waals surface area contributed by atoms with E-state index in [4.69, 9.17) is 0 Å². The highest BCUT2D eigenvalue weighted by Gasteiger charge is 2.02. The minimum absolute atomic E-state index is 0.208. The minimum Gasteiger partial charge on any atom is -0.312 e. The zero-order valence-electron chi connectivity index (χ0n) is 4.58. The molecule has 0 aromatic rings. The van der Waals surface area contributed by atoms with Gasteiger partial charge in [0.25, 0.3) is 0 Å². The van der Waals surface area contributed by atoms with Crippen LogP contribution in [0.4, 0.5) is 0 Å². The van der Waals surface area contributed by atoms with E-state index in [1.807, 2.05) is 7.05 Å². The molecule has 0 fully saturated rings. The Morgan fingerprint density at radius 3 is 1.67 bits per heavy atom. The largest absolute Gasteiger partial charge is 0.312 e. The molecule has 1 N–H and O–H groups in total. The van der Waals surface area contributed by atoms with Gasteiger partial charge in [-0.1, -0.05) is 0 Å². The first-order chi connectivity index (χ1) is 2.56. The summed E-state index contributed by atoms with van der Waals surface area (Å²) in [6.07, 6.45) is 0. The maximum Gasteiger partial charge on any atom is 0.0264 e. The van der Waals surface area contributed by atoms with Crippen LogP contribution in [0.5, 0.6) is 0 Å². The molecule has 1 unspecified atom stereocenters. The third kappa shape index (κ3) is 4.39. The van der Waals surface area contributed by atoms with Crippen molar-refractivity contribution in [2.75, 3.05) is 7.05 Å². The van der Waals surface area contributed by atoms with E-state index in [1.54, 1.807) is 0 Å². The molecule has 0 aromatic carbocycles. The van der Waals surface area contributed by atoms with E-state index in [9.17, 15) is 0 Å². The molecule has 2 heteroatoms. The molecule has 0 radical (unpaired) electrons. The predicted octanol–water partition coefficient (Wildman–Crippen LogP) is 0.817. The Morgan fingerprint density at radius 2 is 1.67 bits per heavy atom. The van der Waals surface area contributed by atoms with Crippen LogP contribution < -0.4 is 5.32 Å². The summed E-state index contributed by atoms with van der Waals surface area (Å²) >= 11 is 0. The second-order valence-electron chi connectivity index (χ2n) is 1.97. The van der Waals surface area contributed by atoms with Gasteiger partial charge in [0.2, 0.25) is 0 Å². The Kier molecular flexibility index (Phi) is 2.03. The van der Waals surface area contributed by atoms with Crippen LogP contribution >= 0.6 is 9.24 Å². The summed E-state index contributed by atoms with van der Waals surface area (Å²) in [4.78, 5) is 0. The molecule has 0 aromatic heterocycles. The lowest BCUT2D eigenvalue weighted by molar-refractivity contribution is 0.609. The predicted molar refractivity (Wildman–Crippen MR) is 32.8 cm³/mol. The first-order valence-corrected chi connectivity index (χ1v) is 2.62. The second kappa shape index (κ2) is 1.90. The Hall–Kier alpha value is 0.390. The average molecular weight is 105 g/mol. The van der Waals surface area contributed by atoms with Crippen molar-refractivity contribution in [2.45, 2.75) is 19.1 Å². The zero-order chi connectivity index (χ0) is 5.21. The van der Waals surface area contributed by atoms with Crippen molar-refractivity contribution < 1.29 is 0 Å². The van der Waals surface area contributed by atoms with E-state index in [0.717, 1.165) is 0 Å². The summed E-state index contributed by atoms with van der Waals surface area (Å²) in [6.45, 7) is 4.19. The Bertz CT molecular complexity index is 37.3. The summed E-state index contributed by atoms with van der Waals surface area (Å²) in [6, 6.07) is 0. The molecule has 6 heavy (non-hydrogen) atoms. The third-order valence-corrected chi connectivity index (χ3v) is 0.933. The highest BCUT2D eigenvalue weighted by molar-refractivity contribution is 7.18. The molecule has 0 heterocycles. The van der Waals surface area contributed by atoms with Gasteiger partial charge in [0, 0.05) is 5.28 Å². The summed E-state index contributed by atoms with van der Waals surface area (Å²) < 4.78 is 0. The Labute approximate surface area is 41.7 Å². The summed E-state index contributed by atoms with van der Waals surface area (Å²) in [5.41, 5.74) is 0. The van der Waals surface area contributed by atoms with Gasteiger partial charge in [-0.15, -0.1) is 9.24 Å². The normalized spacial score (nSPS) is 12.0. The van der Waals surface area contributed by atoms with Gasteiger partial charge < -0.3 is 5.32 Å². The molecule has 0 saturated heterocycles. The van der Waals surface area contributed by atoms with Crippen molar-refractivity contribution in [1.82, 2.24) is 5.32 Å². The summed E-state index contributed by atoms with van der Waals surface area (Å²) in [7, 11) is 4.62. The van der Waals surface area contributed by atoms with Gasteiger partial charge in [0.15, 0.2) is 0 Å². The number of nitrogens with one attached hydrogen (secondary N) is 1. The molecular formula is C4H12NP. The van der Waals surface area contributed by atoms with Crippen molar-refractivity contribution in [3.63, 3.8) is 0 Å². The van der Waals surface area contributed by atoms with E-state index in [0.29, 0.717) is 0 Å². The van der Waals surface area contributed by atoms with E-state index in [1.165, 1.54) is 0 Å². The van der Waals surface area contributed by atoms with Crippen LogP contribution in [-0.2, 0) is 0 Å². The first-order valence-electron chi connectivity index (χ1n) is 2.04. The minimum atomic E-state index is 0.208. The van der Waals surface area contributed by atoms with Crippen LogP contribution in [0.25, 0.3) is 0 Å². The van der Waals surface area contributed by atoms with Crippen LogP contribution in [0, 0.1) is 0 Å². The topological polar surface area (TPSA) is 12.0 Å². The highest BCUT2D eigenvalue weighted by atomic mass is 31.0. The van der Waals surface area contributed by atoms with E-state index in [2.05, 4.69) is 28.4 Å². The zero-order valence-corrected chi connectivity index (χ0v) is 5.73. The number of hydrogen-bond acceptors (Lipinski definition) is 1. The molecule has 0 bridgehead atoms.